The molecule has 8 heteroatoms. The second-order valence-corrected chi connectivity index (χ2v) is 5.83. The first-order valence-electron chi connectivity index (χ1n) is 6.66. The Hall–Kier alpha value is -1.83. The van der Waals surface area contributed by atoms with E-state index in [0.717, 1.165) is 0 Å². The molecule has 0 aliphatic carbocycles. The van der Waals surface area contributed by atoms with Gasteiger partial charge in [0.2, 0.25) is 0 Å². The van der Waals surface area contributed by atoms with Gasteiger partial charge in [0.25, 0.3) is 5.91 Å². The fourth-order valence-corrected chi connectivity index (χ4v) is 1.98. The van der Waals surface area contributed by atoms with Gasteiger partial charge in [-0.3, -0.25) is 9.59 Å². The van der Waals surface area contributed by atoms with Gasteiger partial charge >= 0.3 is 12.1 Å². The Balaban J connectivity index is 2.57. The molecule has 0 saturated carbocycles. The summed E-state index contributed by atoms with van der Waals surface area (Å²) < 4.78 is 9.59. The van der Waals surface area contributed by atoms with Gasteiger partial charge in [0.15, 0.2) is 0 Å². The van der Waals surface area contributed by atoms with Crippen LogP contribution >= 0.6 is 0 Å². The van der Waals surface area contributed by atoms with Crippen molar-refractivity contribution in [3.63, 3.8) is 0 Å². The number of carbonyl (C=O) groups excluding carboxylic acids is 3. The Labute approximate surface area is 123 Å². The zero-order valence-corrected chi connectivity index (χ0v) is 12.7. The van der Waals surface area contributed by atoms with Gasteiger partial charge in [-0.05, 0) is 20.8 Å². The first kappa shape index (κ1) is 17.2. The Morgan fingerprint density at radius 2 is 2.05 bits per heavy atom. The van der Waals surface area contributed by atoms with E-state index in [0.29, 0.717) is 0 Å². The van der Waals surface area contributed by atoms with E-state index in [4.69, 9.17) is 4.74 Å². The summed E-state index contributed by atoms with van der Waals surface area (Å²) in [4.78, 5) is 35.8. The molecule has 2 amide bonds. The van der Waals surface area contributed by atoms with Gasteiger partial charge in [0.05, 0.1) is 13.2 Å². The molecule has 0 unspecified atom stereocenters. The molecule has 120 valence electrons. The van der Waals surface area contributed by atoms with E-state index >= 15 is 0 Å². The molecule has 0 aromatic carbocycles. The van der Waals surface area contributed by atoms with Crippen LogP contribution in [0.5, 0.6) is 0 Å². The van der Waals surface area contributed by atoms with Crippen LogP contribution in [-0.2, 0) is 19.1 Å². The highest BCUT2D eigenvalue weighted by Gasteiger charge is 2.39. The number of nitrogens with one attached hydrogen (secondary N) is 1. The number of esters is 1. The lowest BCUT2D eigenvalue weighted by atomic mass is 10.2. The van der Waals surface area contributed by atoms with Crippen LogP contribution in [-0.4, -0.2) is 65.9 Å². The summed E-state index contributed by atoms with van der Waals surface area (Å²) in [6, 6.07) is -0.473. The van der Waals surface area contributed by atoms with Crippen LogP contribution in [0.15, 0.2) is 0 Å². The van der Waals surface area contributed by atoms with Gasteiger partial charge in [-0.2, -0.15) is 0 Å². The number of ether oxygens (including phenoxy) is 2. The van der Waals surface area contributed by atoms with E-state index in [1.807, 2.05) is 0 Å². The number of nitrogens with zero attached hydrogens (tertiary/aromatic N) is 1. The minimum atomic E-state index is -1.17. The van der Waals surface area contributed by atoms with E-state index in [1.165, 1.54) is 12.0 Å². The molecule has 8 nitrogen and oxygen atoms in total. The standard InChI is InChI=1S/C13H22N2O6/c1-13(2,3)21-12(19)14-6-8-5-9(16)11(18)15(8)7-10(17)20-4/h8-9,16H,5-7H2,1-4H3,(H,14,19)/t8-,9-/m0/s1. The molecule has 0 radical (unpaired) electrons. The van der Waals surface area contributed by atoms with E-state index in [2.05, 4.69) is 10.1 Å². The number of aliphatic hydroxyl groups excluding tert-OH is 1. The highest BCUT2D eigenvalue weighted by Crippen LogP contribution is 2.19. The highest BCUT2D eigenvalue weighted by atomic mass is 16.6. The Morgan fingerprint density at radius 3 is 2.57 bits per heavy atom. The third kappa shape index (κ3) is 5.22. The molecular weight excluding hydrogens is 280 g/mol. The van der Waals surface area contributed by atoms with Crippen LogP contribution < -0.4 is 5.32 Å². The topological polar surface area (TPSA) is 105 Å². The second kappa shape index (κ2) is 6.75. The lowest BCUT2D eigenvalue weighted by Gasteiger charge is -2.25. The normalized spacial score (nSPS) is 22.1. The molecule has 21 heavy (non-hydrogen) atoms. The molecular formula is C13H22N2O6. The molecule has 2 atom stereocenters. The van der Waals surface area contributed by atoms with Gasteiger partial charge in [-0.25, -0.2) is 4.79 Å². The van der Waals surface area contributed by atoms with E-state index in [1.54, 1.807) is 20.8 Å². The fourth-order valence-electron chi connectivity index (χ4n) is 1.98. The summed E-state index contributed by atoms with van der Waals surface area (Å²) >= 11 is 0. The van der Waals surface area contributed by atoms with Crippen molar-refractivity contribution in [2.24, 2.45) is 0 Å². The zero-order valence-electron chi connectivity index (χ0n) is 12.7. The predicted octanol–water partition coefficient (Wildman–Crippen LogP) is -0.354. The largest absolute Gasteiger partial charge is 0.468 e. The molecule has 1 rings (SSSR count). The number of alkyl carbamates (subject to hydrolysis) is 1. The maximum atomic E-state index is 11.8. The zero-order chi connectivity index (χ0) is 16.2. The summed E-state index contributed by atoms with van der Waals surface area (Å²) in [5.74, 6) is -1.13. The van der Waals surface area contributed by atoms with Crippen molar-refractivity contribution in [3.8, 4) is 0 Å². The molecule has 1 saturated heterocycles. The van der Waals surface area contributed by atoms with Crippen LogP contribution in [0, 0.1) is 0 Å². The Kier molecular flexibility index (Phi) is 5.54. The first-order valence-corrected chi connectivity index (χ1v) is 6.66. The number of aliphatic hydroxyl groups is 1. The molecule has 0 spiro atoms. The molecule has 0 aromatic rings. The number of carbonyl (C=O) groups is 3. The highest BCUT2D eigenvalue weighted by molar-refractivity contribution is 5.87. The van der Waals surface area contributed by atoms with Crippen molar-refractivity contribution in [3.05, 3.63) is 0 Å². The monoisotopic (exact) mass is 302 g/mol. The van der Waals surface area contributed by atoms with Gasteiger partial charge in [0, 0.05) is 13.0 Å². The lowest BCUT2D eigenvalue weighted by molar-refractivity contribution is -0.148. The summed E-state index contributed by atoms with van der Waals surface area (Å²) in [6.45, 7) is 5.04. The van der Waals surface area contributed by atoms with Crippen LogP contribution in [0.3, 0.4) is 0 Å². The van der Waals surface area contributed by atoms with Gasteiger partial charge in [-0.1, -0.05) is 0 Å². The average Bonchev–Trinajstić information content (AvgIpc) is 2.62. The molecule has 1 aliphatic rings. The van der Waals surface area contributed by atoms with E-state index < -0.39 is 35.7 Å². The van der Waals surface area contributed by atoms with Crippen LogP contribution in [0.4, 0.5) is 4.79 Å². The van der Waals surface area contributed by atoms with Crippen molar-refractivity contribution < 1.29 is 29.0 Å². The smallest absolute Gasteiger partial charge is 0.407 e. The lowest BCUT2D eigenvalue weighted by Crippen LogP contribution is -2.45. The molecule has 1 fully saturated rings. The third-order valence-electron chi connectivity index (χ3n) is 2.91. The Bertz CT molecular complexity index is 417. The van der Waals surface area contributed by atoms with Crippen molar-refractivity contribution in [2.75, 3.05) is 20.2 Å². The SMILES string of the molecule is COC(=O)CN1C(=O)[C@@H](O)C[C@H]1CNC(=O)OC(C)(C)C. The van der Waals surface area contributed by atoms with Gasteiger partial charge in [0.1, 0.15) is 18.2 Å². The molecule has 0 bridgehead atoms. The van der Waals surface area contributed by atoms with E-state index in [-0.39, 0.29) is 19.5 Å². The minimum Gasteiger partial charge on any atom is -0.468 e. The third-order valence-corrected chi connectivity index (χ3v) is 2.91. The quantitative estimate of drug-likeness (QED) is 0.687. The van der Waals surface area contributed by atoms with Crippen molar-refractivity contribution in [1.82, 2.24) is 10.2 Å². The summed E-state index contributed by atoms with van der Waals surface area (Å²) in [7, 11) is 1.22. The molecule has 2 N–H and O–H groups in total. The van der Waals surface area contributed by atoms with Gasteiger partial charge in [-0.15, -0.1) is 0 Å². The number of amides is 2. The number of hydrogen-bond acceptors (Lipinski definition) is 6. The Morgan fingerprint density at radius 1 is 1.43 bits per heavy atom. The molecule has 1 aliphatic heterocycles. The van der Waals surface area contributed by atoms with Crippen molar-refractivity contribution >= 4 is 18.0 Å². The first-order chi connectivity index (χ1) is 9.64. The van der Waals surface area contributed by atoms with Crippen LogP contribution in [0.1, 0.15) is 27.2 Å². The number of rotatable bonds is 4. The maximum absolute atomic E-state index is 11.8. The summed E-state index contributed by atoms with van der Waals surface area (Å²) in [5, 5.41) is 12.1. The maximum Gasteiger partial charge on any atom is 0.407 e. The fraction of sp³-hybridized carbons (Fsp3) is 0.769. The summed E-state index contributed by atoms with van der Waals surface area (Å²) in [6.07, 6.45) is -1.64. The second-order valence-electron chi connectivity index (χ2n) is 5.83. The van der Waals surface area contributed by atoms with E-state index in [9.17, 15) is 19.5 Å². The minimum absolute atomic E-state index is 0.0920. The van der Waals surface area contributed by atoms with Crippen LogP contribution in [0.2, 0.25) is 0 Å². The predicted molar refractivity (Wildman–Crippen MR) is 72.4 cm³/mol. The average molecular weight is 302 g/mol. The van der Waals surface area contributed by atoms with Crippen molar-refractivity contribution in [1.29, 1.82) is 0 Å². The van der Waals surface area contributed by atoms with Crippen LogP contribution in [0.25, 0.3) is 0 Å². The van der Waals surface area contributed by atoms with Crippen molar-refractivity contribution in [2.45, 2.75) is 44.9 Å². The molecule has 0 aromatic heterocycles. The number of likely N-dealkylation sites (tertiary alicyclic amines) is 1. The molecule has 1 heterocycles. The summed E-state index contributed by atoms with van der Waals surface area (Å²) in [5.41, 5.74) is -0.624. The number of hydrogen-bond donors (Lipinski definition) is 2. The van der Waals surface area contributed by atoms with Gasteiger partial charge < -0.3 is 24.8 Å². The number of methoxy groups -OCH3 is 1.